The monoisotopic (exact) mass is 316 g/mol. The molecule has 21 heavy (non-hydrogen) atoms. The first-order valence-electron chi connectivity index (χ1n) is 6.31. The predicted octanol–water partition coefficient (Wildman–Crippen LogP) is 4.79. The SMILES string of the molecule is C=CC1Oc2c(oc3ccc(Cl)cc3c2=O)-c2cscc21. The lowest BCUT2D eigenvalue weighted by molar-refractivity contribution is 0.243. The van der Waals surface area contributed by atoms with Crippen LogP contribution in [0, 0.1) is 0 Å². The van der Waals surface area contributed by atoms with E-state index in [0.717, 1.165) is 11.1 Å². The molecular weight excluding hydrogens is 308 g/mol. The standard InChI is InChI=1S/C16H9ClO3S/c1-2-12-10-6-21-7-11(10)15-16(19-12)14(18)9-5-8(17)3-4-13(9)20-15/h2-7,12H,1H2. The van der Waals surface area contributed by atoms with Gasteiger partial charge in [-0.2, -0.15) is 11.3 Å². The molecule has 0 bridgehead atoms. The Balaban J connectivity index is 2.11. The van der Waals surface area contributed by atoms with Crippen molar-refractivity contribution in [1.29, 1.82) is 0 Å². The Bertz CT molecular complexity index is 938. The molecule has 3 nitrogen and oxygen atoms in total. The zero-order chi connectivity index (χ0) is 14.6. The van der Waals surface area contributed by atoms with Gasteiger partial charge in [0.05, 0.1) is 5.39 Å². The van der Waals surface area contributed by atoms with Crippen molar-refractivity contribution in [3.8, 4) is 17.1 Å². The van der Waals surface area contributed by atoms with Crippen LogP contribution in [0.3, 0.4) is 0 Å². The summed E-state index contributed by atoms with van der Waals surface area (Å²) in [4.78, 5) is 12.6. The Labute approximate surface area is 129 Å². The second-order valence-corrected chi connectivity index (χ2v) is 5.92. The van der Waals surface area contributed by atoms with Crippen molar-refractivity contribution in [2.24, 2.45) is 0 Å². The van der Waals surface area contributed by atoms with Gasteiger partial charge in [-0.3, -0.25) is 4.79 Å². The second kappa shape index (κ2) is 4.48. The number of thiophene rings is 1. The minimum Gasteiger partial charge on any atom is -0.474 e. The van der Waals surface area contributed by atoms with Gasteiger partial charge in [-0.25, -0.2) is 0 Å². The molecule has 0 saturated heterocycles. The maximum atomic E-state index is 12.6. The van der Waals surface area contributed by atoms with E-state index in [-0.39, 0.29) is 17.3 Å². The number of fused-ring (bicyclic) bond motifs is 4. The van der Waals surface area contributed by atoms with Crippen LogP contribution >= 0.6 is 22.9 Å². The summed E-state index contributed by atoms with van der Waals surface area (Å²) in [5, 5.41) is 4.85. The molecule has 0 aliphatic carbocycles. The van der Waals surface area contributed by atoms with Crippen LogP contribution in [0.15, 0.2) is 50.8 Å². The summed E-state index contributed by atoms with van der Waals surface area (Å²) >= 11 is 7.50. The molecule has 2 aromatic heterocycles. The highest BCUT2D eigenvalue weighted by Gasteiger charge is 2.30. The third-order valence-corrected chi connectivity index (χ3v) is 4.51. The molecule has 104 valence electrons. The topological polar surface area (TPSA) is 39.4 Å². The number of rotatable bonds is 1. The summed E-state index contributed by atoms with van der Waals surface area (Å²) in [7, 11) is 0. The van der Waals surface area contributed by atoms with Crippen molar-refractivity contribution in [3.05, 3.63) is 62.4 Å². The highest BCUT2D eigenvalue weighted by Crippen LogP contribution is 2.44. The lowest BCUT2D eigenvalue weighted by Crippen LogP contribution is -2.17. The maximum absolute atomic E-state index is 12.6. The van der Waals surface area contributed by atoms with Gasteiger partial charge in [0.25, 0.3) is 0 Å². The van der Waals surface area contributed by atoms with Crippen LogP contribution < -0.4 is 10.2 Å². The van der Waals surface area contributed by atoms with E-state index in [1.165, 1.54) is 0 Å². The molecule has 5 heteroatoms. The van der Waals surface area contributed by atoms with Crippen LogP contribution in [-0.2, 0) is 0 Å². The number of hydrogen-bond acceptors (Lipinski definition) is 4. The van der Waals surface area contributed by atoms with Gasteiger partial charge in [0, 0.05) is 21.5 Å². The Hall–Kier alpha value is -2.04. The van der Waals surface area contributed by atoms with Crippen molar-refractivity contribution in [1.82, 2.24) is 0 Å². The van der Waals surface area contributed by atoms with Gasteiger partial charge in [-0.1, -0.05) is 18.2 Å². The van der Waals surface area contributed by atoms with Crippen LogP contribution in [-0.4, -0.2) is 0 Å². The summed E-state index contributed by atoms with van der Waals surface area (Å²) in [5.41, 5.74) is 2.15. The van der Waals surface area contributed by atoms with E-state index >= 15 is 0 Å². The van der Waals surface area contributed by atoms with Gasteiger partial charge in [-0.15, -0.1) is 0 Å². The van der Waals surface area contributed by atoms with Crippen molar-refractivity contribution >= 4 is 33.9 Å². The molecule has 1 aliphatic rings. The Morgan fingerprint density at radius 1 is 1.33 bits per heavy atom. The summed E-state index contributed by atoms with van der Waals surface area (Å²) < 4.78 is 11.7. The molecule has 0 fully saturated rings. The predicted molar refractivity (Wildman–Crippen MR) is 84.4 cm³/mol. The van der Waals surface area contributed by atoms with Crippen LogP contribution in [0.25, 0.3) is 22.3 Å². The molecule has 0 spiro atoms. The number of hydrogen-bond donors (Lipinski definition) is 0. The fraction of sp³-hybridized carbons (Fsp3) is 0.0625. The molecular formula is C16H9ClO3S. The molecule has 0 amide bonds. The average molecular weight is 317 g/mol. The smallest absolute Gasteiger partial charge is 0.235 e. The second-order valence-electron chi connectivity index (χ2n) is 4.74. The molecule has 4 rings (SSSR count). The summed E-state index contributed by atoms with van der Waals surface area (Å²) in [6, 6.07) is 4.99. The Kier molecular flexibility index (Phi) is 2.71. The van der Waals surface area contributed by atoms with E-state index in [2.05, 4.69) is 6.58 Å². The summed E-state index contributed by atoms with van der Waals surface area (Å²) in [6.45, 7) is 3.77. The van der Waals surface area contributed by atoms with E-state index in [1.54, 1.807) is 35.6 Å². The molecule has 3 aromatic rings. The summed E-state index contributed by atoms with van der Waals surface area (Å²) in [5.74, 6) is 0.699. The van der Waals surface area contributed by atoms with Crippen LogP contribution in [0.4, 0.5) is 0 Å². The lowest BCUT2D eigenvalue weighted by atomic mass is 10.0. The maximum Gasteiger partial charge on any atom is 0.235 e. The minimum atomic E-state index is -0.335. The van der Waals surface area contributed by atoms with Gasteiger partial charge >= 0.3 is 0 Å². The van der Waals surface area contributed by atoms with E-state index in [4.69, 9.17) is 20.8 Å². The first-order valence-corrected chi connectivity index (χ1v) is 7.63. The molecule has 0 saturated carbocycles. The number of halogens is 1. The van der Waals surface area contributed by atoms with E-state index in [9.17, 15) is 4.79 Å². The fourth-order valence-corrected chi connectivity index (χ4v) is 3.54. The zero-order valence-electron chi connectivity index (χ0n) is 10.8. The van der Waals surface area contributed by atoms with Gasteiger partial charge in [0.15, 0.2) is 5.76 Å². The van der Waals surface area contributed by atoms with Crippen molar-refractivity contribution < 1.29 is 9.15 Å². The van der Waals surface area contributed by atoms with Crippen molar-refractivity contribution in [3.63, 3.8) is 0 Å². The molecule has 1 unspecified atom stereocenters. The minimum absolute atomic E-state index is 0.211. The van der Waals surface area contributed by atoms with Gasteiger partial charge in [-0.05, 0) is 29.7 Å². The summed E-state index contributed by atoms with van der Waals surface area (Å²) in [6.07, 6.45) is 1.34. The molecule has 3 heterocycles. The van der Waals surface area contributed by atoms with Crippen LogP contribution in [0.5, 0.6) is 5.75 Å². The third-order valence-electron chi connectivity index (χ3n) is 3.51. The zero-order valence-corrected chi connectivity index (χ0v) is 12.3. The Morgan fingerprint density at radius 3 is 3.00 bits per heavy atom. The first-order chi connectivity index (χ1) is 10.2. The van der Waals surface area contributed by atoms with E-state index < -0.39 is 0 Å². The van der Waals surface area contributed by atoms with Gasteiger partial charge < -0.3 is 9.15 Å². The first kappa shape index (κ1) is 12.7. The number of ether oxygens (including phenoxy) is 1. The highest BCUT2D eigenvalue weighted by atomic mass is 35.5. The lowest BCUT2D eigenvalue weighted by Gasteiger charge is -2.23. The van der Waals surface area contributed by atoms with E-state index in [0.29, 0.717) is 21.8 Å². The van der Waals surface area contributed by atoms with Gasteiger partial charge in [0.1, 0.15) is 11.7 Å². The van der Waals surface area contributed by atoms with Crippen LogP contribution in [0.2, 0.25) is 5.02 Å². The quantitative estimate of drug-likeness (QED) is 0.606. The molecule has 0 N–H and O–H groups in total. The third kappa shape index (κ3) is 1.76. The fourth-order valence-electron chi connectivity index (χ4n) is 2.51. The highest BCUT2D eigenvalue weighted by molar-refractivity contribution is 7.08. The molecule has 1 aromatic carbocycles. The van der Waals surface area contributed by atoms with E-state index in [1.807, 2.05) is 10.8 Å². The van der Waals surface area contributed by atoms with Crippen molar-refractivity contribution in [2.45, 2.75) is 6.10 Å². The number of benzene rings is 1. The van der Waals surface area contributed by atoms with Crippen molar-refractivity contribution in [2.75, 3.05) is 0 Å². The van der Waals surface area contributed by atoms with Crippen LogP contribution in [0.1, 0.15) is 11.7 Å². The largest absolute Gasteiger partial charge is 0.474 e. The van der Waals surface area contributed by atoms with Gasteiger partial charge in [0.2, 0.25) is 11.2 Å². The molecule has 1 atom stereocenters. The average Bonchev–Trinajstić information content (AvgIpc) is 2.97. The molecule has 1 aliphatic heterocycles. The Morgan fingerprint density at radius 2 is 2.19 bits per heavy atom. The normalized spacial score (nSPS) is 16.1. The molecule has 0 radical (unpaired) electrons.